The number of carbonyl (C=O) groups excluding carboxylic acids is 4. The van der Waals surface area contributed by atoms with Gasteiger partial charge in [-0.3, -0.25) is 29.4 Å². The first-order valence-corrected chi connectivity index (χ1v) is 13.0. The van der Waals surface area contributed by atoms with Gasteiger partial charge in [0.25, 0.3) is 11.8 Å². The Kier molecular flexibility index (Phi) is 9.07. The molecule has 2 aliphatic heterocycles. The Hall–Kier alpha value is -1.74. The number of nitrogens with zero attached hydrogens (tertiary/aromatic N) is 1. The quantitative estimate of drug-likeness (QED) is 0.169. The van der Waals surface area contributed by atoms with Gasteiger partial charge in [0.15, 0.2) is 0 Å². The lowest BCUT2D eigenvalue weighted by Gasteiger charge is -2.27. The molecule has 2 heterocycles. The number of rotatable bonds is 12. The van der Waals surface area contributed by atoms with Crippen LogP contribution >= 0.6 is 30.4 Å². The van der Waals surface area contributed by atoms with Gasteiger partial charge < -0.3 is 19.0 Å². The molecule has 2 aliphatic rings. The predicted octanol–water partition coefficient (Wildman–Crippen LogP) is 1.55. The van der Waals surface area contributed by atoms with Crippen molar-refractivity contribution in [3.63, 3.8) is 0 Å². The first-order valence-electron chi connectivity index (χ1n) is 9.68. The lowest BCUT2D eigenvalue weighted by molar-refractivity contribution is -0.136. The number of halogens is 1. The topological polar surface area (TPSA) is 123 Å². The molecule has 1 saturated heterocycles. The predicted molar refractivity (Wildman–Crippen MR) is 121 cm³/mol. The molecule has 168 valence electrons. The number of hydrogen-bond acceptors (Lipinski definition) is 9. The Morgan fingerprint density at radius 1 is 1.06 bits per heavy atom. The molecule has 1 fully saturated rings. The van der Waals surface area contributed by atoms with Crippen molar-refractivity contribution >= 4 is 59.7 Å². The maximum Gasteiger partial charge on any atom is 0.264 e. The second kappa shape index (κ2) is 11.8. The van der Waals surface area contributed by atoms with Gasteiger partial charge in [0.1, 0.15) is 6.04 Å². The Morgan fingerprint density at radius 2 is 1.81 bits per heavy atom. The van der Waals surface area contributed by atoms with E-state index < -0.39 is 29.7 Å². The van der Waals surface area contributed by atoms with Gasteiger partial charge in [0.2, 0.25) is 11.8 Å². The molecule has 4 amide bonds. The fourth-order valence-corrected chi connectivity index (χ4v) is 4.04. The summed E-state index contributed by atoms with van der Waals surface area (Å²) in [6.45, 7) is 2.68. The third-order valence-electron chi connectivity index (χ3n) is 4.76. The van der Waals surface area contributed by atoms with Crippen molar-refractivity contribution in [2.75, 3.05) is 44.9 Å². The maximum absolute atomic E-state index is 13.0. The Bertz CT molecular complexity index is 854. The van der Waals surface area contributed by atoms with E-state index in [1.54, 1.807) is 18.2 Å². The molecule has 2 N–H and O–H groups in total. The summed E-state index contributed by atoms with van der Waals surface area (Å²) >= 11 is 2.04. The van der Waals surface area contributed by atoms with Gasteiger partial charge in [0, 0.05) is 39.9 Å². The van der Waals surface area contributed by atoms with Crippen LogP contribution in [0.4, 0.5) is 5.69 Å². The lowest BCUT2D eigenvalue weighted by Crippen LogP contribution is -2.54. The largest absolute Gasteiger partial charge is 0.382 e. The van der Waals surface area contributed by atoms with Crippen molar-refractivity contribution in [2.45, 2.75) is 18.9 Å². The van der Waals surface area contributed by atoms with Crippen LogP contribution in [0.3, 0.4) is 0 Å². The van der Waals surface area contributed by atoms with Gasteiger partial charge in [-0.2, -0.15) is 0 Å². The molecule has 31 heavy (non-hydrogen) atoms. The summed E-state index contributed by atoms with van der Waals surface area (Å²) < 4.78 is 15.9. The van der Waals surface area contributed by atoms with Crippen molar-refractivity contribution < 1.29 is 32.8 Å². The number of benzene rings is 1. The Morgan fingerprint density at radius 3 is 2.55 bits per heavy atom. The van der Waals surface area contributed by atoms with E-state index in [2.05, 4.69) is 10.6 Å². The SMILES string of the molecule is O=C1CCC(N2C(=O)c3cccc(NCCOCCOCCOSI)c3C2=O)C(=O)N1. The number of fused-ring (bicyclic) bond motifs is 1. The van der Waals surface area contributed by atoms with E-state index in [4.69, 9.17) is 13.7 Å². The molecule has 1 aromatic rings. The minimum Gasteiger partial charge on any atom is -0.382 e. The van der Waals surface area contributed by atoms with Crippen LogP contribution in [0.25, 0.3) is 0 Å². The number of anilines is 1. The highest BCUT2D eigenvalue weighted by Gasteiger charge is 2.45. The number of imide groups is 2. The fraction of sp³-hybridized carbons (Fsp3) is 0.474. The smallest absolute Gasteiger partial charge is 0.264 e. The summed E-state index contributed by atoms with van der Waals surface area (Å²) in [6.07, 6.45) is 0.206. The van der Waals surface area contributed by atoms with Gasteiger partial charge in [-0.25, -0.2) is 0 Å². The van der Waals surface area contributed by atoms with Crippen LogP contribution in [-0.2, 0) is 23.2 Å². The van der Waals surface area contributed by atoms with Crippen LogP contribution in [0, 0.1) is 0 Å². The molecule has 1 unspecified atom stereocenters. The van der Waals surface area contributed by atoms with Crippen molar-refractivity contribution in [2.24, 2.45) is 0 Å². The van der Waals surface area contributed by atoms with Gasteiger partial charge >= 0.3 is 0 Å². The molecule has 10 nitrogen and oxygen atoms in total. The number of ether oxygens (including phenoxy) is 2. The monoisotopic (exact) mass is 563 g/mol. The third kappa shape index (κ3) is 5.94. The Labute approximate surface area is 195 Å². The van der Waals surface area contributed by atoms with Crippen LogP contribution in [0.5, 0.6) is 0 Å². The van der Waals surface area contributed by atoms with E-state index in [-0.39, 0.29) is 24.0 Å². The zero-order chi connectivity index (χ0) is 22.2. The van der Waals surface area contributed by atoms with Gasteiger partial charge in [-0.1, -0.05) is 6.07 Å². The van der Waals surface area contributed by atoms with Crippen molar-refractivity contribution in [1.82, 2.24) is 10.2 Å². The van der Waals surface area contributed by atoms with Crippen LogP contribution in [-0.4, -0.2) is 74.1 Å². The van der Waals surface area contributed by atoms with Crippen LogP contribution in [0.1, 0.15) is 33.6 Å². The highest BCUT2D eigenvalue weighted by atomic mass is 127. The molecule has 1 atom stereocenters. The minimum atomic E-state index is -0.984. The molecule has 1 aromatic carbocycles. The van der Waals surface area contributed by atoms with E-state index in [0.29, 0.717) is 45.3 Å². The summed E-state index contributed by atoms with van der Waals surface area (Å²) in [5.41, 5.74) is 0.966. The molecule has 0 bridgehead atoms. The minimum absolute atomic E-state index is 0.0836. The highest BCUT2D eigenvalue weighted by Crippen LogP contribution is 2.32. The second-order valence-electron chi connectivity index (χ2n) is 6.71. The van der Waals surface area contributed by atoms with E-state index >= 15 is 0 Å². The number of hydrogen-bond donors (Lipinski definition) is 2. The standard InChI is InChI=1S/C19H22IN3O7S/c20-31-30-11-10-29-9-8-28-7-6-21-13-3-1-2-12-16(13)19(27)23(18(12)26)14-4-5-15(24)22-17(14)25/h1-3,14,21H,4-11H2,(H,22,24,25). The molecule has 12 heteroatoms. The summed E-state index contributed by atoms with van der Waals surface area (Å²) in [4.78, 5) is 50.3. The van der Waals surface area contributed by atoms with E-state index in [1.807, 2.05) is 21.2 Å². The van der Waals surface area contributed by atoms with Crippen LogP contribution in [0.15, 0.2) is 18.2 Å². The summed E-state index contributed by atoms with van der Waals surface area (Å²) in [5.74, 6) is -2.11. The van der Waals surface area contributed by atoms with Crippen molar-refractivity contribution in [1.29, 1.82) is 0 Å². The average molecular weight is 563 g/mol. The van der Waals surface area contributed by atoms with Gasteiger partial charge in [0.05, 0.1) is 53.4 Å². The van der Waals surface area contributed by atoms with E-state index in [9.17, 15) is 19.2 Å². The molecule has 0 radical (unpaired) electrons. The van der Waals surface area contributed by atoms with Crippen molar-refractivity contribution in [3.05, 3.63) is 29.3 Å². The number of carbonyl (C=O) groups is 4. The molecule has 0 saturated carbocycles. The van der Waals surface area contributed by atoms with Crippen molar-refractivity contribution in [3.8, 4) is 0 Å². The molecule has 0 aliphatic carbocycles. The zero-order valence-electron chi connectivity index (χ0n) is 16.6. The van der Waals surface area contributed by atoms with Gasteiger partial charge in [-0.15, -0.1) is 0 Å². The summed E-state index contributed by atoms with van der Waals surface area (Å²) in [7, 11) is 1.26. The number of piperidine rings is 1. The van der Waals surface area contributed by atoms with Crippen LogP contribution < -0.4 is 10.6 Å². The van der Waals surface area contributed by atoms with Crippen LogP contribution in [0.2, 0.25) is 0 Å². The van der Waals surface area contributed by atoms with E-state index in [1.165, 1.54) is 9.21 Å². The maximum atomic E-state index is 13.0. The molecular formula is C19H22IN3O7S. The van der Waals surface area contributed by atoms with Gasteiger partial charge in [-0.05, 0) is 18.6 Å². The number of amides is 4. The first-order chi connectivity index (χ1) is 15.0. The average Bonchev–Trinajstić information content (AvgIpc) is 3.01. The molecule has 3 rings (SSSR count). The third-order valence-corrected chi connectivity index (χ3v) is 5.78. The first kappa shape index (κ1) is 23.9. The van der Waals surface area contributed by atoms with E-state index in [0.717, 1.165) is 4.90 Å². The molecule has 0 spiro atoms. The second-order valence-corrected chi connectivity index (χ2v) is 8.15. The molecular weight excluding hydrogens is 541 g/mol. The number of nitrogens with one attached hydrogen (secondary N) is 2. The summed E-state index contributed by atoms with van der Waals surface area (Å²) in [6, 6.07) is 3.94. The fourth-order valence-electron chi connectivity index (χ4n) is 3.37. The highest BCUT2D eigenvalue weighted by molar-refractivity contribution is 14.2. The lowest BCUT2D eigenvalue weighted by atomic mass is 10.0. The molecule has 0 aromatic heterocycles. The normalized spacial score (nSPS) is 18.4. The Balaban J connectivity index is 1.51. The zero-order valence-corrected chi connectivity index (χ0v) is 19.5. The summed E-state index contributed by atoms with van der Waals surface area (Å²) in [5, 5.41) is 5.30.